The lowest BCUT2D eigenvalue weighted by Crippen LogP contribution is -2.36. The Morgan fingerprint density at radius 3 is 2.82 bits per heavy atom. The van der Waals surface area contributed by atoms with Crippen molar-refractivity contribution < 1.29 is 14.0 Å². The van der Waals surface area contributed by atoms with Gasteiger partial charge in [0.2, 0.25) is 0 Å². The van der Waals surface area contributed by atoms with Gasteiger partial charge in [-0.1, -0.05) is 6.07 Å². The number of halogens is 1. The van der Waals surface area contributed by atoms with Gasteiger partial charge in [0.25, 0.3) is 5.91 Å². The molecule has 1 fully saturated rings. The number of urea groups is 1. The molecule has 9 nitrogen and oxygen atoms in total. The number of primary amides is 2. The van der Waals surface area contributed by atoms with Gasteiger partial charge < -0.3 is 17.2 Å². The van der Waals surface area contributed by atoms with Crippen LogP contribution >= 0.6 is 11.3 Å². The topological polar surface area (TPSA) is 145 Å². The molecule has 7 N–H and O–H groups in total. The summed E-state index contributed by atoms with van der Waals surface area (Å²) in [6, 6.07) is 4.24. The number of nitrogen functional groups attached to an aromatic ring is 1. The van der Waals surface area contributed by atoms with Crippen LogP contribution in [0.2, 0.25) is 0 Å². The molecule has 3 heterocycles. The zero-order chi connectivity index (χ0) is 24.0. The van der Waals surface area contributed by atoms with Crippen molar-refractivity contribution in [3.05, 3.63) is 52.6 Å². The number of carbonyl (C=O) groups is 2. The molecule has 1 saturated heterocycles. The van der Waals surface area contributed by atoms with Crippen molar-refractivity contribution in [2.24, 2.45) is 11.5 Å². The van der Waals surface area contributed by atoms with E-state index in [1.54, 1.807) is 12.1 Å². The Labute approximate surface area is 199 Å². The summed E-state index contributed by atoms with van der Waals surface area (Å²) >= 11 is 1.30. The number of rotatable bonds is 5. The van der Waals surface area contributed by atoms with Crippen molar-refractivity contribution >= 4 is 34.0 Å². The normalized spacial score (nSPS) is 17.7. The molecule has 0 saturated carbocycles. The molecule has 1 aliphatic carbocycles. The zero-order valence-corrected chi connectivity index (χ0v) is 19.3. The van der Waals surface area contributed by atoms with E-state index in [1.165, 1.54) is 17.4 Å². The molecule has 2 aromatic heterocycles. The lowest BCUT2D eigenvalue weighted by molar-refractivity contribution is 0.100. The fourth-order valence-corrected chi connectivity index (χ4v) is 6.23. The third-order valence-corrected chi connectivity index (χ3v) is 7.66. The Bertz CT molecular complexity index is 1280. The number of hydrogen-bond acceptors (Lipinski definition) is 6. The van der Waals surface area contributed by atoms with Crippen LogP contribution < -0.4 is 22.5 Å². The molecule has 178 valence electrons. The number of fused-ring (bicyclic) bond motifs is 3. The minimum absolute atomic E-state index is 0.151. The van der Waals surface area contributed by atoms with Crippen molar-refractivity contribution in [1.82, 2.24) is 14.7 Å². The molecule has 1 unspecified atom stereocenters. The number of hydrogen-bond donors (Lipinski definition) is 4. The highest BCUT2D eigenvalue weighted by Gasteiger charge is 2.31. The maximum absolute atomic E-state index is 14.3. The van der Waals surface area contributed by atoms with Crippen molar-refractivity contribution in [1.29, 1.82) is 0 Å². The number of benzene rings is 1. The Hall–Kier alpha value is -3.44. The number of amides is 3. The molecule has 34 heavy (non-hydrogen) atoms. The van der Waals surface area contributed by atoms with Crippen LogP contribution in [0.4, 0.5) is 19.9 Å². The average molecular weight is 484 g/mol. The van der Waals surface area contributed by atoms with E-state index in [9.17, 15) is 14.0 Å². The van der Waals surface area contributed by atoms with Crippen molar-refractivity contribution in [2.75, 3.05) is 24.1 Å². The average Bonchev–Trinajstić information content (AvgIpc) is 3.36. The first kappa shape index (κ1) is 22.4. The molecule has 2 aliphatic rings. The largest absolute Gasteiger partial charge is 0.399 e. The van der Waals surface area contributed by atoms with E-state index < -0.39 is 11.9 Å². The molecule has 5 rings (SSSR count). The first-order valence-electron chi connectivity index (χ1n) is 11.2. The Morgan fingerprint density at radius 2 is 2.09 bits per heavy atom. The van der Waals surface area contributed by atoms with Crippen molar-refractivity contribution in [2.45, 2.75) is 38.3 Å². The van der Waals surface area contributed by atoms with Crippen molar-refractivity contribution in [3.8, 4) is 10.4 Å². The number of nitrogens with one attached hydrogen (secondary N) is 1. The van der Waals surface area contributed by atoms with Gasteiger partial charge in [0.05, 0.1) is 17.3 Å². The molecular formula is C23H26FN7O2S. The molecule has 1 aliphatic heterocycles. The van der Waals surface area contributed by atoms with Crippen LogP contribution in [0.5, 0.6) is 0 Å². The molecule has 11 heteroatoms. The van der Waals surface area contributed by atoms with Crippen LogP contribution in [0.15, 0.2) is 24.4 Å². The van der Waals surface area contributed by atoms with E-state index >= 15 is 0 Å². The molecule has 0 spiro atoms. The predicted molar refractivity (Wildman–Crippen MR) is 129 cm³/mol. The summed E-state index contributed by atoms with van der Waals surface area (Å²) in [5.74, 6) is -0.873. The Balaban J connectivity index is 1.40. The van der Waals surface area contributed by atoms with Gasteiger partial charge in [-0.2, -0.15) is 5.10 Å². The zero-order valence-electron chi connectivity index (χ0n) is 18.5. The maximum atomic E-state index is 14.3. The number of thiophene rings is 1. The third kappa shape index (κ3) is 4.12. The van der Waals surface area contributed by atoms with Gasteiger partial charge >= 0.3 is 6.03 Å². The lowest BCUT2D eigenvalue weighted by Gasteiger charge is -2.33. The molecule has 0 radical (unpaired) electrons. The summed E-state index contributed by atoms with van der Waals surface area (Å²) in [5.41, 5.74) is 20.7. The highest BCUT2D eigenvalue weighted by Crippen LogP contribution is 2.45. The standard InChI is InChI=1S/C23H26FN7O2S/c24-17-8-13(25)4-3-12(17)9-30-7-1-2-14(10-30)31-11-16-18(29-31)6-5-15-19(21(26)32)22(28-23(27)33)34-20(15)16/h3-4,8,11,14H,1-2,5-7,9-10,25H2,(H2,26,32)(H3,27,28,33). The van der Waals surface area contributed by atoms with Crippen LogP contribution in [-0.2, 0) is 19.4 Å². The van der Waals surface area contributed by atoms with Crippen LogP contribution in [-0.4, -0.2) is 39.7 Å². The molecule has 3 aromatic rings. The summed E-state index contributed by atoms with van der Waals surface area (Å²) in [5, 5.41) is 7.78. The smallest absolute Gasteiger partial charge is 0.317 e. The van der Waals surface area contributed by atoms with Gasteiger partial charge in [0, 0.05) is 41.0 Å². The van der Waals surface area contributed by atoms with Gasteiger partial charge in [-0.25, -0.2) is 9.18 Å². The predicted octanol–water partition coefficient (Wildman–Crippen LogP) is 2.86. The molecule has 0 bridgehead atoms. The van der Waals surface area contributed by atoms with E-state index in [4.69, 9.17) is 22.3 Å². The highest BCUT2D eigenvalue weighted by molar-refractivity contribution is 7.20. The van der Waals surface area contributed by atoms with Crippen LogP contribution in [0, 0.1) is 5.82 Å². The van der Waals surface area contributed by atoms with Crippen LogP contribution in [0.25, 0.3) is 10.4 Å². The lowest BCUT2D eigenvalue weighted by atomic mass is 9.94. The van der Waals surface area contributed by atoms with E-state index in [-0.39, 0.29) is 11.9 Å². The summed E-state index contributed by atoms with van der Waals surface area (Å²) < 4.78 is 16.3. The maximum Gasteiger partial charge on any atom is 0.317 e. The van der Waals surface area contributed by atoms with E-state index in [0.29, 0.717) is 41.2 Å². The van der Waals surface area contributed by atoms with E-state index in [1.807, 2.05) is 10.9 Å². The van der Waals surface area contributed by atoms with Crippen LogP contribution in [0.1, 0.15) is 46.1 Å². The highest BCUT2D eigenvalue weighted by atomic mass is 32.1. The van der Waals surface area contributed by atoms with Gasteiger partial charge in [-0.3, -0.25) is 19.7 Å². The van der Waals surface area contributed by atoms with Gasteiger partial charge in [0.15, 0.2) is 0 Å². The Morgan fingerprint density at radius 1 is 1.26 bits per heavy atom. The fraction of sp³-hybridized carbons (Fsp3) is 0.348. The fourth-order valence-electron chi connectivity index (χ4n) is 4.94. The molecule has 1 aromatic carbocycles. The molecule has 1 atom stereocenters. The first-order valence-corrected chi connectivity index (χ1v) is 12.0. The number of aryl methyl sites for hydroxylation is 1. The van der Waals surface area contributed by atoms with Gasteiger partial charge in [-0.05, 0) is 49.9 Å². The number of carbonyl (C=O) groups excluding carboxylic acids is 2. The van der Waals surface area contributed by atoms with Gasteiger partial charge in [-0.15, -0.1) is 11.3 Å². The number of likely N-dealkylation sites (tertiary alicyclic amines) is 1. The number of anilines is 2. The van der Waals surface area contributed by atoms with Crippen LogP contribution in [0.3, 0.4) is 0 Å². The minimum Gasteiger partial charge on any atom is -0.399 e. The second-order valence-corrected chi connectivity index (χ2v) is 9.84. The summed E-state index contributed by atoms with van der Waals surface area (Å²) in [6.45, 7) is 2.16. The monoisotopic (exact) mass is 483 g/mol. The number of aromatic nitrogens is 2. The van der Waals surface area contributed by atoms with Gasteiger partial charge in [0.1, 0.15) is 10.8 Å². The SMILES string of the molecule is NC(=O)Nc1sc2c(c1C(N)=O)CCc1nn(C3CCCN(Cc4ccc(N)cc4F)C3)cc1-2. The minimum atomic E-state index is -0.739. The van der Waals surface area contributed by atoms with E-state index in [2.05, 4.69) is 10.2 Å². The summed E-state index contributed by atoms with van der Waals surface area (Å²) in [6.07, 6.45) is 5.26. The Kier molecular flexibility index (Phi) is 5.74. The quantitative estimate of drug-likeness (QED) is 0.412. The summed E-state index contributed by atoms with van der Waals surface area (Å²) in [7, 11) is 0. The van der Waals surface area contributed by atoms with Crippen molar-refractivity contribution in [3.63, 3.8) is 0 Å². The van der Waals surface area contributed by atoms with E-state index in [0.717, 1.165) is 47.6 Å². The molecule has 3 amide bonds. The summed E-state index contributed by atoms with van der Waals surface area (Å²) in [4.78, 5) is 26.7. The number of piperidine rings is 1. The second kappa shape index (κ2) is 8.73. The first-order chi connectivity index (χ1) is 16.3. The number of nitrogens with zero attached hydrogens (tertiary/aromatic N) is 3. The number of nitrogens with two attached hydrogens (primary N) is 3. The second-order valence-electron chi connectivity index (χ2n) is 8.82. The molecular weight excluding hydrogens is 457 g/mol. The third-order valence-electron chi connectivity index (χ3n) is 6.48.